The Hall–Kier alpha value is -3.86. The highest BCUT2D eigenvalue weighted by molar-refractivity contribution is 9.10. The van der Waals surface area contributed by atoms with Crippen LogP contribution in [0.1, 0.15) is 41.0 Å². The minimum absolute atomic E-state index is 0.0331. The molecular formula is C31H30BrCl2N5O4. The van der Waals surface area contributed by atoms with Crippen LogP contribution in [0.15, 0.2) is 65.4 Å². The Balaban J connectivity index is 1.36. The minimum Gasteiger partial charge on any atom is -0.485 e. The number of amides is 3. The normalized spacial score (nSPS) is 11.3. The maximum Gasteiger partial charge on any atom is 0.251 e. The summed E-state index contributed by atoms with van der Waals surface area (Å²) < 4.78 is 8.74. The van der Waals surface area contributed by atoms with Crippen molar-refractivity contribution < 1.29 is 19.1 Å². The summed E-state index contributed by atoms with van der Waals surface area (Å²) in [5.41, 5.74) is 3.63. The molecule has 0 saturated carbocycles. The molecule has 12 heteroatoms. The molecule has 2 aromatic carbocycles. The Bertz CT molecular complexity index is 1700. The van der Waals surface area contributed by atoms with Crippen molar-refractivity contribution in [2.45, 2.75) is 33.4 Å². The number of carbonyl (C=O) groups is 3. The van der Waals surface area contributed by atoms with Crippen molar-refractivity contribution >= 4 is 74.3 Å². The number of ether oxygens (including phenoxy) is 1. The molecule has 9 nitrogen and oxygen atoms in total. The Morgan fingerprint density at radius 1 is 1.12 bits per heavy atom. The van der Waals surface area contributed by atoms with Crippen molar-refractivity contribution in [2.24, 2.45) is 0 Å². The maximum atomic E-state index is 12.9. The molecule has 2 aromatic heterocycles. The van der Waals surface area contributed by atoms with Crippen LogP contribution in [0.3, 0.4) is 0 Å². The van der Waals surface area contributed by atoms with Crippen LogP contribution in [-0.4, -0.2) is 46.7 Å². The van der Waals surface area contributed by atoms with Crippen LogP contribution in [0, 0.1) is 6.92 Å². The fraction of sp³-hybridized carbons (Fsp3) is 0.226. The monoisotopic (exact) mass is 685 g/mol. The average Bonchev–Trinajstić information content (AvgIpc) is 3.27. The molecule has 0 fully saturated rings. The first-order valence-electron chi connectivity index (χ1n) is 13.3. The Morgan fingerprint density at radius 3 is 2.53 bits per heavy atom. The molecular weight excluding hydrogens is 657 g/mol. The fourth-order valence-electron chi connectivity index (χ4n) is 4.10. The number of likely N-dealkylation sites (N-methyl/N-ethyl adjacent to an activating group) is 1. The van der Waals surface area contributed by atoms with E-state index in [2.05, 4.69) is 31.5 Å². The van der Waals surface area contributed by atoms with Gasteiger partial charge in [-0.05, 0) is 84.7 Å². The van der Waals surface area contributed by atoms with Gasteiger partial charge in [-0.2, -0.15) is 0 Å². The zero-order chi connectivity index (χ0) is 31.3. The number of fused-ring (bicyclic) bond motifs is 1. The first-order chi connectivity index (χ1) is 20.5. The van der Waals surface area contributed by atoms with Crippen LogP contribution < -0.4 is 20.3 Å². The quantitative estimate of drug-likeness (QED) is 0.193. The summed E-state index contributed by atoms with van der Waals surface area (Å²) in [7, 11) is 1.56. The zero-order valence-corrected chi connectivity index (χ0v) is 27.0. The molecule has 0 aliphatic rings. The van der Waals surface area contributed by atoms with E-state index < -0.39 is 5.91 Å². The first-order valence-corrected chi connectivity index (χ1v) is 14.9. The molecule has 2 N–H and O–H groups in total. The summed E-state index contributed by atoms with van der Waals surface area (Å²) in [5.74, 6) is -0.459. The van der Waals surface area contributed by atoms with E-state index in [4.69, 9.17) is 27.9 Å². The lowest BCUT2D eigenvalue weighted by Crippen LogP contribution is -2.37. The van der Waals surface area contributed by atoms with Gasteiger partial charge in [-0.15, -0.1) is 0 Å². The van der Waals surface area contributed by atoms with Crippen molar-refractivity contribution in [3.8, 4) is 5.75 Å². The predicted octanol–water partition coefficient (Wildman–Crippen LogP) is 6.22. The molecule has 0 unspecified atom stereocenters. The van der Waals surface area contributed by atoms with Gasteiger partial charge in [0.1, 0.15) is 11.2 Å². The number of halogens is 3. The SMILES string of the molecule is Cc1nc2c(OCc3c(Cl)ccc(N(C)C(=O)CNC(=O)C=Cc4ccc(C(=O)NC(C)C)cc4)c3Cl)cccn2c1Br. The number of pyridine rings is 1. The highest BCUT2D eigenvalue weighted by Gasteiger charge is 2.20. The number of hydrogen-bond acceptors (Lipinski definition) is 5. The molecule has 0 spiro atoms. The number of rotatable bonds is 10. The van der Waals surface area contributed by atoms with E-state index in [9.17, 15) is 14.4 Å². The number of hydrogen-bond donors (Lipinski definition) is 2. The van der Waals surface area contributed by atoms with Gasteiger partial charge in [0.2, 0.25) is 11.8 Å². The number of benzene rings is 2. The summed E-state index contributed by atoms with van der Waals surface area (Å²) in [6.45, 7) is 5.45. The van der Waals surface area contributed by atoms with Gasteiger partial charge < -0.3 is 20.3 Å². The van der Waals surface area contributed by atoms with Crippen LogP contribution in [0.4, 0.5) is 5.69 Å². The lowest BCUT2D eigenvalue weighted by molar-refractivity contribution is -0.122. The van der Waals surface area contributed by atoms with Gasteiger partial charge in [0.15, 0.2) is 11.4 Å². The number of carbonyl (C=O) groups excluding carboxylic acids is 3. The number of aromatic nitrogens is 2. The van der Waals surface area contributed by atoms with Gasteiger partial charge in [0.05, 0.1) is 22.9 Å². The van der Waals surface area contributed by atoms with E-state index in [0.717, 1.165) is 15.9 Å². The van der Waals surface area contributed by atoms with Gasteiger partial charge in [0.25, 0.3) is 5.91 Å². The van der Waals surface area contributed by atoms with Crippen molar-refractivity contribution in [3.63, 3.8) is 0 Å². The van der Waals surface area contributed by atoms with Crippen LogP contribution >= 0.6 is 39.1 Å². The number of imidazole rings is 1. The summed E-state index contributed by atoms with van der Waals surface area (Å²) in [6.07, 6.45) is 4.79. The molecule has 2 heterocycles. The van der Waals surface area contributed by atoms with Crippen molar-refractivity contribution in [1.82, 2.24) is 20.0 Å². The summed E-state index contributed by atoms with van der Waals surface area (Å²) in [5, 5.41) is 6.05. The van der Waals surface area contributed by atoms with Crippen molar-refractivity contribution in [2.75, 3.05) is 18.5 Å². The fourth-order valence-corrected chi connectivity index (χ4v) is 5.09. The number of nitrogens with zero attached hydrogens (tertiary/aromatic N) is 3. The van der Waals surface area contributed by atoms with E-state index in [1.54, 1.807) is 55.6 Å². The van der Waals surface area contributed by atoms with E-state index in [1.807, 2.05) is 37.4 Å². The lowest BCUT2D eigenvalue weighted by Gasteiger charge is -2.21. The standard InChI is InChI=1S/C31H30BrCl2N5O4/c1-18(2)36-31(42)21-10-7-20(8-11-21)9-14-26(40)35-16-27(41)38(4)24-13-12-23(33)22(28(24)34)17-43-25-6-5-15-39-29(32)19(3)37-30(25)39/h5-15,18H,16-17H2,1-4H3,(H,35,40)(H,36,42). The van der Waals surface area contributed by atoms with E-state index in [-0.39, 0.29) is 36.0 Å². The molecule has 0 radical (unpaired) electrons. The average molecular weight is 687 g/mol. The molecule has 0 aliphatic heterocycles. The third-order valence-electron chi connectivity index (χ3n) is 6.42. The first kappa shape index (κ1) is 32.1. The second-order valence-electron chi connectivity index (χ2n) is 9.96. The summed E-state index contributed by atoms with van der Waals surface area (Å²) >= 11 is 16.7. The predicted molar refractivity (Wildman–Crippen MR) is 173 cm³/mol. The third-order valence-corrected chi connectivity index (χ3v) is 8.15. The van der Waals surface area contributed by atoms with Gasteiger partial charge in [-0.3, -0.25) is 18.8 Å². The van der Waals surface area contributed by atoms with Crippen LogP contribution in [0.2, 0.25) is 10.0 Å². The number of anilines is 1. The summed E-state index contributed by atoms with van der Waals surface area (Å²) in [4.78, 5) is 43.3. The highest BCUT2D eigenvalue weighted by Crippen LogP contribution is 2.35. The number of nitrogens with one attached hydrogen (secondary N) is 2. The molecule has 43 heavy (non-hydrogen) atoms. The smallest absolute Gasteiger partial charge is 0.251 e. The molecule has 0 saturated heterocycles. The van der Waals surface area contributed by atoms with Gasteiger partial charge >= 0.3 is 0 Å². The lowest BCUT2D eigenvalue weighted by atomic mass is 10.1. The Morgan fingerprint density at radius 2 is 1.84 bits per heavy atom. The maximum absolute atomic E-state index is 12.9. The van der Waals surface area contributed by atoms with Gasteiger partial charge in [-0.25, -0.2) is 4.98 Å². The van der Waals surface area contributed by atoms with Gasteiger partial charge in [0, 0.05) is 41.5 Å². The van der Waals surface area contributed by atoms with E-state index in [0.29, 0.717) is 33.2 Å². The van der Waals surface area contributed by atoms with Crippen molar-refractivity contribution in [3.05, 3.63) is 97.8 Å². The van der Waals surface area contributed by atoms with Gasteiger partial charge in [-0.1, -0.05) is 35.3 Å². The molecule has 3 amide bonds. The second kappa shape index (κ2) is 14.1. The summed E-state index contributed by atoms with van der Waals surface area (Å²) in [6, 6.07) is 13.8. The molecule has 0 aliphatic carbocycles. The molecule has 4 aromatic rings. The van der Waals surface area contributed by atoms with Crippen LogP contribution in [0.25, 0.3) is 11.7 Å². The Kier molecular flexibility index (Phi) is 10.5. The molecule has 224 valence electrons. The zero-order valence-electron chi connectivity index (χ0n) is 24.0. The third kappa shape index (κ3) is 7.76. The van der Waals surface area contributed by atoms with Crippen LogP contribution in [0.5, 0.6) is 5.75 Å². The topological polar surface area (TPSA) is 105 Å². The largest absolute Gasteiger partial charge is 0.485 e. The highest BCUT2D eigenvalue weighted by atomic mass is 79.9. The van der Waals surface area contributed by atoms with E-state index in [1.165, 1.54) is 11.0 Å². The van der Waals surface area contributed by atoms with E-state index >= 15 is 0 Å². The molecule has 4 rings (SSSR count). The molecule has 0 bridgehead atoms. The van der Waals surface area contributed by atoms with Crippen LogP contribution in [-0.2, 0) is 16.2 Å². The van der Waals surface area contributed by atoms with Crippen molar-refractivity contribution in [1.29, 1.82) is 0 Å². The Labute approximate surface area is 268 Å². The number of aryl methyl sites for hydroxylation is 1. The molecule has 0 atom stereocenters. The second-order valence-corrected chi connectivity index (χ2v) is 11.5. The minimum atomic E-state index is -0.449.